The number of hydrogen-bond acceptors (Lipinski definition) is 4. The zero-order chi connectivity index (χ0) is 20.2. The van der Waals surface area contributed by atoms with E-state index in [-0.39, 0.29) is 5.82 Å². The van der Waals surface area contributed by atoms with Gasteiger partial charge in [0.05, 0.1) is 22.3 Å². The average Bonchev–Trinajstić information content (AvgIpc) is 3.16. The lowest BCUT2D eigenvalue weighted by Gasteiger charge is -2.12. The summed E-state index contributed by atoms with van der Waals surface area (Å²) in [6.45, 7) is 0. The van der Waals surface area contributed by atoms with Crippen molar-refractivity contribution in [2.45, 2.75) is 10.9 Å². The van der Waals surface area contributed by atoms with Crippen LogP contribution in [0.3, 0.4) is 0 Å². The van der Waals surface area contributed by atoms with E-state index in [0.29, 0.717) is 38.6 Å². The number of aromatic nitrogens is 3. The lowest BCUT2D eigenvalue weighted by molar-refractivity contribution is 0.613. The molecule has 0 fully saturated rings. The molecule has 0 atom stereocenters. The fraction of sp³-hybridized carbons (Fsp3) is 0.0455. The molecule has 0 saturated heterocycles. The zero-order valence-corrected chi connectivity index (χ0v) is 16.7. The van der Waals surface area contributed by atoms with Gasteiger partial charge in [-0.1, -0.05) is 59.8 Å². The number of hydrogen-bond donors (Lipinski definition) is 0. The minimum absolute atomic E-state index is 0.348. The second-order valence-electron chi connectivity index (χ2n) is 6.17. The molecule has 0 aliphatic rings. The van der Waals surface area contributed by atoms with Crippen molar-refractivity contribution < 1.29 is 4.39 Å². The molecule has 4 rings (SSSR count). The molecule has 4 nitrogen and oxygen atoms in total. The summed E-state index contributed by atoms with van der Waals surface area (Å²) in [6, 6.07) is 23.2. The number of rotatable bonds is 5. The number of nitrogens with zero attached hydrogens (tertiary/aromatic N) is 4. The minimum Gasteiger partial charge on any atom is -0.267 e. The average molecular weight is 421 g/mol. The van der Waals surface area contributed by atoms with Gasteiger partial charge in [0, 0.05) is 11.3 Å². The van der Waals surface area contributed by atoms with Gasteiger partial charge in [0.2, 0.25) is 0 Å². The smallest absolute Gasteiger partial charge is 0.196 e. The highest BCUT2D eigenvalue weighted by atomic mass is 35.5. The van der Waals surface area contributed by atoms with Crippen LogP contribution < -0.4 is 0 Å². The summed E-state index contributed by atoms with van der Waals surface area (Å²) in [6.07, 6.45) is 0. The van der Waals surface area contributed by atoms with Crippen molar-refractivity contribution in [3.63, 3.8) is 0 Å². The molecule has 1 aromatic heterocycles. The fourth-order valence-electron chi connectivity index (χ4n) is 2.91. The van der Waals surface area contributed by atoms with E-state index >= 15 is 0 Å². The van der Waals surface area contributed by atoms with Crippen molar-refractivity contribution >= 4 is 23.4 Å². The predicted octanol–water partition coefficient (Wildman–Crippen LogP) is 5.89. The van der Waals surface area contributed by atoms with E-state index < -0.39 is 0 Å². The molecule has 142 valence electrons. The molecule has 0 bridgehead atoms. The molecular formula is C22H14ClFN4S. The molecule has 0 radical (unpaired) electrons. The summed E-state index contributed by atoms with van der Waals surface area (Å²) in [5.41, 5.74) is 2.58. The van der Waals surface area contributed by atoms with Crippen LogP contribution in [0.15, 0.2) is 78.0 Å². The molecule has 3 aromatic carbocycles. The van der Waals surface area contributed by atoms with Crippen LogP contribution in [0.25, 0.3) is 17.1 Å². The summed E-state index contributed by atoms with van der Waals surface area (Å²) in [5.74, 6) is 0.646. The van der Waals surface area contributed by atoms with Gasteiger partial charge >= 0.3 is 0 Å². The SMILES string of the molecule is N#Cc1cccc(CSc2nnc(-c3ccccc3Cl)n2-c2ccccc2F)c1. The molecule has 29 heavy (non-hydrogen) atoms. The Labute approximate surface area is 176 Å². The molecule has 0 aliphatic heterocycles. The summed E-state index contributed by atoms with van der Waals surface area (Å²) >= 11 is 7.78. The van der Waals surface area contributed by atoms with Gasteiger partial charge in [-0.3, -0.25) is 4.57 Å². The van der Waals surface area contributed by atoms with Crippen LogP contribution in [0.5, 0.6) is 0 Å². The minimum atomic E-state index is -0.381. The van der Waals surface area contributed by atoms with E-state index in [2.05, 4.69) is 16.3 Å². The molecule has 1 heterocycles. The van der Waals surface area contributed by atoms with E-state index in [4.69, 9.17) is 16.9 Å². The molecule has 0 saturated carbocycles. The van der Waals surface area contributed by atoms with Gasteiger partial charge in [-0.15, -0.1) is 10.2 Å². The van der Waals surface area contributed by atoms with E-state index in [1.807, 2.05) is 36.4 Å². The van der Waals surface area contributed by atoms with Gasteiger partial charge in [0.1, 0.15) is 5.82 Å². The third kappa shape index (κ3) is 4.02. The van der Waals surface area contributed by atoms with Gasteiger partial charge in [-0.25, -0.2) is 4.39 Å². The van der Waals surface area contributed by atoms with Crippen LogP contribution in [-0.2, 0) is 5.75 Å². The number of para-hydroxylation sites is 1. The fourth-order valence-corrected chi connectivity index (χ4v) is 4.02. The quantitative estimate of drug-likeness (QED) is 0.378. The molecule has 0 unspecified atom stereocenters. The zero-order valence-electron chi connectivity index (χ0n) is 15.1. The van der Waals surface area contributed by atoms with E-state index in [1.54, 1.807) is 34.9 Å². The summed E-state index contributed by atoms with van der Waals surface area (Å²) in [4.78, 5) is 0. The first-order valence-electron chi connectivity index (χ1n) is 8.74. The number of halogens is 2. The molecule has 7 heteroatoms. The molecule has 0 amide bonds. The number of nitriles is 1. The highest BCUT2D eigenvalue weighted by Gasteiger charge is 2.20. The Morgan fingerprint density at radius 1 is 1.00 bits per heavy atom. The van der Waals surface area contributed by atoms with Crippen molar-refractivity contribution in [1.82, 2.24) is 14.8 Å². The first-order valence-corrected chi connectivity index (χ1v) is 10.1. The highest BCUT2D eigenvalue weighted by molar-refractivity contribution is 7.98. The van der Waals surface area contributed by atoms with Gasteiger partial charge in [-0.05, 0) is 42.0 Å². The number of thioether (sulfide) groups is 1. The molecular weight excluding hydrogens is 407 g/mol. The summed E-state index contributed by atoms with van der Waals surface area (Å²) < 4.78 is 16.3. The second kappa shape index (κ2) is 8.48. The van der Waals surface area contributed by atoms with Gasteiger partial charge in [0.15, 0.2) is 11.0 Å². The van der Waals surface area contributed by atoms with Gasteiger partial charge in [0.25, 0.3) is 0 Å². The summed E-state index contributed by atoms with van der Waals surface area (Å²) in [5, 5.41) is 18.7. The topological polar surface area (TPSA) is 54.5 Å². The van der Waals surface area contributed by atoms with E-state index in [0.717, 1.165) is 5.56 Å². The van der Waals surface area contributed by atoms with Crippen molar-refractivity contribution in [2.75, 3.05) is 0 Å². The van der Waals surface area contributed by atoms with Crippen molar-refractivity contribution in [2.24, 2.45) is 0 Å². The Hall–Kier alpha value is -3.14. The van der Waals surface area contributed by atoms with Crippen LogP contribution in [0.2, 0.25) is 5.02 Å². The Bertz CT molecular complexity index is 1220. The highest BCUT2D eigenvalue weighted by Crippen LogP contribution is 2.33. The summed E-state index contributed by atoms with van der Waals surface area (Å²) in [7, 11) is 0. The second-order valence-corrected chi connectivity index (χ2v) is 7.52. The predicted molar refractivity (Wildman–Crippen MR) is 112 cm³/mol. The van der Waals surface area contributed by atoms with Crippen molar-refractivity contribution in [1.29, 1.82) is 5.26 Å². The standard InChI is InChI=1S/C22H14ClFN4S/c23-18-9-2-1-8-17(18)21-26-27-22(28(21)20-11-4-3-10-19(20)24)29-14-16-7-5-6-15(12-16)13-25/h1-12H,14H2. The van der Waals surface area contributed by atoms with Crippen LogP contribution in [0.1, 0.15) is 11.1 Å². The molecule has 0 spiro atoms. The maximum atomic E-state index is 14.6. The number of benzene rings is 3. The lowest BCUT2D eigenvalue weighted by atomic mass is 10.2. The van der Waals surface area contributed by atoms with Crippen LogP contribution >= 0.6 is 23.4 Å². The lowest BCUT2D eigenvalue weighted by Crippen LogP contribution is -2.02. The Balaban J connectivity index is 1.77. The largest absolute Gasteiger partial charge is 0.267 e. The molecule has 4 aromatic rings. The Kier molecular flexibility index (Phi) is 5.61. The third-order valence-electron chi connectivity index (χ3n) is 4.27. The van der Waals surface area contributed by atoms with Crippen LogP contribution in [0.4, 0.5) is 4.39 Å². The Morgan fingerprint density at radius 3 is 2.59 bits per heavy atom. The van der Waals surface area contributed by atoms with E-state index in [1.165, 1.54) is 17.8 Å². The normalized spacial score (nSPS) is 10.7. The monoisotopic (exact) mass is 420 g/mol. The van der Waals surface area contributed by atoms with Gasteiger partial charge < -0.3 is 0 Å². The molecule has 0 aliphatic carbocycles. The third-order valence-corrected chi connectivity index (χ3v) is 5.60. The first kappa shape index (κ1) is 19.2. The van der Waals surface area contributed by atoms with Crippen LogP contribution in [-0.4, -0.2) is 14.8 Å². The van der Waals surface area contributed by atoms with Crippen molar-refractivity contribution in [3.05, 3.63) is 94.8 Å². The molecule has 0 N–H and O–H groups in total. The van der Waals surface area contributed by atoms with Crippen molar-refractivity contribution in [3.8, 4) is 23.1 Å². The van der Waals surface area contributed by atoms with E-state index in [9.17, 15) is 4.39 Å². The maximum absolute atomic E-state index is 14.6. The van der Waals surface area contributed by atoms with Crippen LogP contribution in [0, 0.1) is 17.1 Å². The van der Waals surface area contributed by atoms with Gasteiger partial charge in [-0.2, -0.15) is 5.26 Å². The first-order chi connectivity index (χ1) is 14.2. The maximum Gasteiger partial charge on any atom is 0.196 e. The Morgan fingerprint density at radius 2 is 1.79 bits per heavy atom.